The van der Waals surface area contributed by atoms with Crippen molar-refractivity contribution in [3.8, 4) is 0 Å². The van der Waals surface area contributed by atoms with E-state index in [1.54, 1.807) is 11.3 Å². The van der Waals surface area contributed by atoms with Crippen LogP contribution in [0.3, 0.4) is 0 Å². The van der Waals surface area contributed by atoms with Gasteiger partial charge in [-0.15, -0.1) is 11.3 Å². The molecule has 0 saturated carbocycles. The number of piperazine rings is 1. The fourth-order valence-corrected chi connectivity index (χ4v) is 4.31. The molecule has 2 aliphatic heterocycles. The van der Waals surface area contributed by atoms with Crippen molar-refractivity contribution in [1.82, 2.24) is 25.0 Å². The Hall–Kier alpha value is -1.67. The number of carbonyl (C=O) groups excluding carboxylic acids is 1. The van der Waals surface area contributed by atoms with Crippen molar-refractivity contribution in [3.05, 3.63) is 16.1 Å². The van der Waals surface area contributed by atoms with Crippen LogP contribution in [0.5, 0.6) is 0 Å². The van der Waals surface area contributed by atoms with E-state index in [9.17, 15) is 4.79 Å². The largest absolute Gasteiger partial charge is 0.357 e. The van der Waals surface area contributed by atoms with Crippen molar-refractivity contribution in [1.29, 1.82) is 0 Å². The van der Waals surface area contributed by atoms with Gasteiger partial charge in [-0.3, -0.25) is 9.69 Å². The number of aliphatic imine (C=N–C) groups is 1. The molecule has 0 unspecified atom stereocenters. The number of nitrogens with zero attached hydrogens (tertiary/aromatic N) is 5. The van der Waals surface area contributed by atoms with E-state index in [4.69, 9.17) is 4.99 Å². The Balaban J connectivity index is 1.48. The summed E-state index contributed by atoms with van der Waals surface area (Å²) in [5.74, 6) is 1.25. The molecule has 1 amide bonds. The van der Waals surface area contributed by atoms with Crippen LogP contribution in [0.4, 0.5) is 0 Å². The zero-order valence-electron chi connectivity index (χ0n) is 16.6. The van der Waals surface area contributed by atoms with Gasteiger partial charge in [0.2, 0.25) is 5.91 Å². The number of aryl methyl sites for hydroxylation is 1. The number of thiazole rings is 1. The highest BCUT2D eigenvalue weighted by Gasteiger charge is 2.24. The number of amides is 1. The topological polar surface area (TPSA) is 64.1 Å². The molecule has 0 atom stereocenters. The second-order valence-electron chi connectivity index (χ2n) is 7.24. The average molecular weight is 393 g/mol. The van der Waals surface area contributed by atoms with Gasteiger partial charge in [0, 0.05) is 56.9 Å². The molecule has 3 heterocycles. The molecule has 8 heteroatoms. The number of hydrogen-bond donors (Lipinski definition) is 1. The molecule has 150 valence electrons. The number of rotatable bonds is 5. The summed E-state index contributed by atoms with van der Waals surface area (Å²) in [5, 5.41) is 4.45. The number of nitrogens with one attached hydrogen (secondary N) is 1. The summed E-state index contributed by atoms with van der Waals surface area (Å²) in [7, 11) is 0. The summed E-state index contributed by atoms with van der Waals surface area (Å²) in [6, 6.07) is 0. The number of carbonyl (C=O) groups is 1. The van der Waals surface area contributed by atoms with Crippen LogP contribution >= 0.6 is 11.3 Å². The highest BCUT2D eigenvalue weighted by atomic mass is 32.1. The molecule has 2 fully saturated rings. The van der Waals surface area contributed by atoms with Crippen molar-refractivity contribution in [2.45, 2.75) is 39.7 Å². The summed E-state index contributed by atoms with van der Waals surface area (Å²) in [6.45, 7) is 11.7. The van der Waals surface area contributed by atoms with Gasteiger partial charge in [-0.25, -0.2) is 9.98 Å². The van der Waals surface area contributed by atoms with E-state index in [1.165, 1.54) is 11.3 Å². The molecule has 0 aromatic carbocycles. The van der Waals surface area contributed by atoms with Crippen molar-refractivity contribution in [2.24, 2.45) is 4.99 Å². The first kappa shape index (κ1) is 20.1. The van der Waals surface area contributed by atoms with E-state index < -0.39 is 0 Å². The highest BCUT2D eigenvalue weighted by Crippen LogP contribution is 2.13. The summed E-state index contributed by atoms with van der Waals surface area (Å²) >= 11 is 1.70. The lowest BCUT2D eigenvalue weighted by atomic mass is 10.1. The van der Waals surface area contributed by atoms with Crippen LogP contribution in [0.15, 0.2) is 11.2 Å². The molecule has 0 aliphatic carbocycles. The Kier molecular flexibility index (Phi) is 7.46. The van der Waals surface area contributed by atoms with Crippen molar-refractivity contribution in [3.63, 3.8) is 0 Å². The Labute approximate surface area is 166 Å². The molecule has 0 radical (unpaired) electrons. The maximum atomic E-state index is 12.5. The zero-order chi connectivity index (χ0) is 19.1. The second kappa shape index (κ2) is 10.0. The monoisotopic (exact) mass is 392 g/mol. The third-order valence-electron chi connectivity index (χ3n) is 5.11. The van der Waals surface area contributed by atoms with E-state index in [0.717, 1.165) is 69.6 Å². The van der Waals surface area contributed by atoms with E-state index in [1.807, 2.05) is 11.1 Å². The molecule has 1 N–H and O–H groups in total. The quantitative estimate of drug-likeness (QED) is 0.608. The molecule has 0 spiro atoms. The second-order valence-corrected chi connectivity index (χ2v) is 8.56. The molecular weight excluding hydrogens is 360 g/mol. The number of piperidine rings is 1. The fraction of sp³-hybridized carbons (Fsp3) is 0.737. The van der Waals surface area contributed by atoms with Crippen LogP contribution in [0.25, 0.3) is 0 Å². The third kappa shape index (κ3) is 5.90. The number of hydrogen-bond acceptors (Lipinski definition) is 5. The molecule has 2 aliphatic rings. The van der Waals surface area contributed by atoms with Gasteiger partial charge in [-0.2, -0.15) is 0 Å². The van der Waals surface area contributed by atoms with Crippen LogP contribution in [-0.2, 0) is 11.3 Å². The molecule has 0 bridgehead atoms. The molecule has 1 aromatic rings. The lowest BCUT2D eigenvalue weighted by molar-refractivity contribution is -0.133. The zero-order valence-corrected chi connectivity index (χ0v) is 17.4. The number of aromatic nitrogens is 1. The first-order chi connectivity index (χ1) is 13.2. The van der Waals surface area contributed by atoms with Crippen LogP contribution in [-0.4, -0.2) is 83.9 Å². The van der Waals surface area contributed by atoms with E-state index in [0.29, 0.717) is 19.0 Å². The smallest absolute Gasteiger partial charge is 0.236 e. The average Bonchev–Trinajstić information content (AvgIpc) is 3.12. The highest BCUT2D eigenvalue weighted by molar-refractivity contribution is 7.11. The normalized spacial score (nSPS) is 19.4. The van der Waals surface area contributed by atoms with Crippen molar-refractivity contribution in [2.75, 3.05) is 52.4 Å². The molecule has 1 aromatic heterocycles. The van der Waals surface area contributed by atoms with Crippen molar-refractivity contribution >= 4 is 23.2 Å². The lowest BCUT2D eigenvalue weighted by Gasteiger charge is -2.37. The van der Waals surface area contributed by atoms with Crippen LogP contribution in [0, 0.1) is 6.92 Å². The lowest BCUT2D eigenvalue weighted by Crippen LogP contribution is -2.54. The van der Waals surface area contributed by atoms with Gasteiger partial charge in [0.25, 0.3) is 0 Å². The molecule has 3 rings (SSSR count). The predicted molar refractivity (Wildman–Crippen MR) is 110 cm³/mol. The predicted octanol–water partition coefficient (Wildman–Crippen LogP) is 1.55. The number of likely N-dealkylation sites (tertiary alicyclic amines) is 1. The Morgan fingerprint density at radius 1 is 1.15 bits per heavy atom. The van der Waals surface area contributed by atoms with E-state index in [-0.39, 0.29) is 0 Å². The maximum Gasteiger partial charge on any atom is 0.236 e. The summed E-state index contributed by atoms with van der Waals surface area (Å²) in [4.78, 5) is 29.5. The van der Waals surface area contributed by atoms with Crippen LogP contribution in [0.2, 0.25) is 0 Å². The van der Waals surface area contributed by atoms with Gasteiger partial charge in [0.05, 0.1) is 13.1 Å². The van der Waals surface area contributed by atoms with E-state index >= 15 is 0 Å². The van der Waals surface area contributed by atoms with Gasteiger partial charge < -0.3 is 15.1 Å². The number of guanidine groups is 1. The first-order valence-electron chi connectivity index (χ1n) is 10.1. The van der Waals surface area contributed by atoms with Crippen molar-refractivity contribution < 1.29 is 4.79 Å². The van der Waals surface area contributed by atoms with Gasteiger partial charge >= 0.3 is 0 Å². The Bertz CT molecular complexity index is 632. The van der Waals surface area contributed by atoms with Crippen LogP contribution < -0.4 is 5.32 Å². The maximum absolute atomic E-state index is 12.5. The third-order valence-corrected chi connectivity index (χ3v) is 6.01. The summed E-state index contributed by atoms with van der Waals surface area (Å²) in [5.41, 5.74) is 0. The molecular formula is C19H32N6OS. The van der Waals surface area contributed by atoms with Crippen LogP contribution in [0.1, 0.15) is 36.1 Å². The van der Waals surface area contributed by atoms with E-state index in [2.05, 4.69) is 33.9 Å². The first-order valence-corrected chi connectivity index (χ1v) is 10.9. The standard InChI is InChI=1S/C19H32N6OS/c1-3-20-19(22-14-17-21-13-16(2)27-17)25-11-9-23(10-12-25)15-18(26)24-7-5-4-6-8-24/h13H,3-12,14-15H2,1-2H3,(H,20,22). The summed E-state index contributed by atoms with van der Waals surface area (Å²) < 4.78 is 0. The van der Waals surface area contributed by atoms with Gasteiger partial charge in [0.15, 0.2) is 5.96 Å². The Morgan fingerprint density at radius 3 is 2.52 bits per heavy atom. The summed E-state index contributed by atoms with van der Waals surface area (Å²) in [6.07, 6.45) is 5.47. The molecule has 27 heavy (non-hydrogen) atoms. The molecule has 7 nitrogen and oxygen atoms in total. The Morgan fingerprint density at radius 2 is 1.89 bits per heavy atom. The molecule has 2 saturated heterocycles. The van der Waals surface area contributed by atoms with Gasteiger partial charge in [0.1, 0.15) is 5.01 Å². The minimum absolute atomic E-state index is 0.294. The van der Waals surface area contributed by atoms with Gasteiger partial charge in [-0.05, 0) is 33.1 Å². The fourth-order valence-electron chi connectivity index (χ4n) is 3.60. The van der Waals surface area contributed by atoms with Gasteiger partial charge in [-0.1, -0.05) is 0 Å². The minimum atomic E-state index is 0.294. The SMILES string of the molecule is CCNC(=NCc1ncc(C)s1)N1CCN(CC(=O)N2CCCCC2)CC1. The minimum Gasteiger partial charge on any atom is -0.357 e.